The lowest BCUT2D eigenvalue weighted by atomic mass is 10.1. The van der Waals surface area contributed by atoms with Crippen LogP contribution in [0.1, 0.15) is 41.4 Å². The Bertz CT molecular complexity index is 1500. The number of rotatable bonds is 7. The third kappa shape index (κ3) is 4.81. The van der Waals surface area contributed by atoms with Gasteiger partial charge in [-0.05, 0) is 94.1 Å². The highest BCUT2D eigenvalue weighted by molar-refractivity contribution is 9.15. The summed E-state index contributed by atoms with van der Waals surface area (Å²) in [4.78, 5) is 65.1. The van der Waals surface area contributed by atoms with Crippen molar-refractivity contribution in [1.82, 2.24) is 10.0 Å². The minimum absolute atomic E-state index is 0.0609. The normalized spacial score (nSPS) is 12.4. The van der Waals surface area contributed by atoms with Crippen LogP contribution in [0, 0.1) is 10.1 Å². The summed E-state index contributed by atoms with van der Waals surface area (Å²) in [6, 6.07) is 11.0. The number of nitro groups is 1. The second kappa shape index (κ2) is 11.0. The lowest BCUT2D eigenvalue weighted by Crippen LogP contribution is -2.51. The van der Waals surface area contributed by atoms with E-state index >= 15 is 0 Å². The molecule has 0 aromatic heterocycles. The zero-order valence-corrected chi connectivity index (χ0v) is 25.4. The van der Waals surface area contributed by atoms with E-state index < -0.39 is 46.2 Å². The van der Waals surface area contributed by atoms with Gasteiger partial charge in [0, 0.05) is 29.5 Å². The van der Waals surface area contributed by atoms with Crippen LogP contribution in [0.2, 0.25) is 0 Å². The molecule has 1 aliphatic heterocycles. The van der Waals surface area contributed by atoms with Crippen LogP contribution in [-0.4, -0.2) is 52.1 Å². The number of fused-ring (bicyclic) bond motifs is 1. The molecular weight excluding hydrogens is 762 g/mol. The summed E-state index contributed by atoms with van der Waals surface area (Å²) in [7, 11) is 1.46. The number of ketones is 1. The largest absolute Gasteiger partial charge is 0.497 e. The zero-order chi connectivity index (χ0) is 27.9. The molecule has 0 bridgehead atoms. The number of ether oxygens (including phenoxy) is 1. The number of carbonyl (C=O) groups excluding carboxylic acids is 4. The Balaban J connectivity index is 1.85. The van der Waals surface area contributed by atoms with Crippen molar-refractivity contribution in [1.29, 1.82) is 0 Å². The average Bonchev–Trinajstić information content (AvgIpc) is 3.18. The molecule has 3 aromatic rings. The molecule has 0 atom stereocenters. The first kappa shape index (κ1) is 28.1. The number of nitro benzene ring substituents is 1. The summed E-state index contributed by atoms with van der Waals surface area (Å²) in [5.74, 6) is -3.03. The van der Waals surface area contributed by atoms with Crippen molar-refractivity contribution in [3.63, 3.8) is 0 Å². The number of amides is 3. The number of para-hydroxylation sites is 1. The number of benzene rings is 3. The molecule has 0 radical (unpaired) electrons. The van der Waals surface area contributed by atoms with E-state index in [0.29, 0.717) is 24.7 Å². The maximum Gasteiger partial charge on any atom is 0.282 e. The molecule has 0 fully saturated rings. The fraction of sp³-hybridized carbons (Fsp3) is 0.0833. The van der Waals surface area contributed by atoms with Crippen LogP contribution in [0.3, 0.4) is 0 Å². The maximum atomic E-state index is 13.7. The van der Waals surface area contributed by atoms with Crippen molar-refractivity contribution in [2.24, 2.45) is 0 Å². The van der Waals surface area contributed by atoms with E-state index in [2.05, 4.69) is 63.7 Å². The summed E-state index contributed by atoms with van der Waals surface area (Å²) in [6.07, 6.45) is 0. The van der Waals surface area contributed by atoms with Crippen molar-refractivity contribution in [2.75, 3.05) is 13.7 Å². The summed E-state index contributed by atoms with van der Waals surface area (Å²) in [5.41, 5.74) is -0.917. The highest BCUT2D eigenvalue weighted by atomic mass is 79.9. The summed E-state index contributed by atoms with van der Waals surface area (Å²) >= 11 is 13.3. The molecule has 3 aromatic carbocycles. The summed E-state index contributed by atoms with van der Waals surface area (Å²) in [6.45, 7) is -0.764. The molecule has 3 amide bonds. The first-order valence-electron chi connectivity index (χ1n) is 10.5. The Hall–Kier alpha value is -2.94. The van der Waals surface area contributed by atoms with Gasteiger partial charge in [-0.2, -0.15) is 5.01 Å². The summed E-state index contributed by atoms with van der Waals surface area (Å²) in [5, 5.41) is 12.8. The van der Waals surface area contributed by atoms with Crippen LogP contribution in [0.5, 0.6) is 5.75 Å². The van der Waals surface area contributed by atoms with E-state index in [1.807, 2.05) is 0 Å². The lowest BCUT2D eigenvalue weighted by molar-refractivity contribution is -0.385. The third-order valence-electron chi connectivity index (χ3n) is 5.59. The molecule has 38 heavy (non-hydrogen) atoms. The van der Waals surface area contributed by atoms with E-state index in [1.54, 1.807) is 0 Å². The molecule has 14 heteroatoms. The Morgan fingerprint density at radius 1 is 0.895 bits per heavy atom. The van der Waals surface area contributed by atoms with Crippen molar-refractivity contribution in [2.45, 2.75) is 0 Å². The molecule has 0 N–H and O–H groups in total. The van der Waals surface area contributed by atoms with Gasteiger partial charge in [-0.3, -0.25) is 29.3 Å². The highest BCUT2D eigenvalue weighted by Crippen LogP contribution is 2.45. The SMILES string of the molecule is COc1ccc(C(=O)CN(C(=O)c2ccccc2[N+](=O)[O-])N2C(=O)c3c(Br)c(Br)c(Br)c(Br)c3C2=O)cc1. The van der Waals surface area contributed by atoms with Gasteiger partial charge in [0.05, 0.1) is 23.2 Å². The number of Topliss-reactive ketones (excluding diaryl/α,β-unsaturated/α-hetero) is 1. The molecule has 10 nitrogen and oxygen atoms in total. The first-order chi connectivity index (χ1) is 18.0. The van der Waals surface area contributed by atoms with Crippen LogP contribution in [-0.2, 0) is 0 Å². The number of methoxy groups -OCH3 is 1. The molecule has 0 unspecified atom stereocenters. The van der Waals surface area contributed by atoms with Gasteiger partial charge in [0.15, 0.2) is 5.78 Å². The van der Waals surface area contributed by atoms with Gasteiger partial charge < -0.3 is 4.74 Å². The van der Waals surface area contributed by atoms with Crippen LogP contribution < -0.4 is 4.74 Å². The topological polar surface area (TPSA) is 127 Å². The van der Waals surface area contributed by atoms with Crippen molar-refractivity contribution < 1.29 is 28.8 Å². The van der Waals surface area contributed by atoms with Crippen LogP contribution >= 0.6 is 63.7 Å². The fourth-order valence-electron chi connectivity index (χ4n) is 3.75. The van der Waals surface area contributed by atoms with Crippen LogP contribution in [0.15, 0.2) is 66.4 Å². The molecule has 4 rings (SSSR count). The predicted molar refractivity (Wildman–Crippen MR) is 149 cm³/mol. The Morgan fingerprint density at radius 3 is 1.92 bits per heavy atom. The number of carbonyl (C=O) groups is 4. The Morgan fingerprint density at radius 2 is 1.42 bits per heavy atom. The molecule has 0 saturated heterocycles. The van der Waals surface area contributed by atoms with Crippen molar-refractivity contribution >= 4 is 92.9 Å². The van der Waals surface area contributed by atoms with E-state index in [1.165, 1.54) is 49.6 Å². The maximum absolute atomic E-state index is 13.7. The van der Waals surface area contributed by atoms with Gasteiger partial charge in [-0.15, -0.1) is 0 Å². The molecule has 194 valence electrons. The number of imide groups is 1. The number of hydrazine groups is 1. The number of halogens is 4. The lowest BCUT2D eigenvalue weighted by Gasteiger charge is -2.29. The monoisotopic (exact) mass is 771 g/mol. The minimum atomic E-state index is -1.08. The average molecular weight is 775 g/mol. The van der Waals surface area contributed by atoms with E-state index in [0.717, 1.165) is 6.07 Å². The molecule has 0 saturated carbocycles. The molecular formula is C24H13Br4N3O7. The van der Waals surface area contributed by atoms with Gasteiger partial charge in [-0.25, -0.2) is 5.01 Å². The minimum Gasteiger partial charge on any atom is -0.497 e. The van der Waals surface area contributed by atoms with E-state index in [9.17, 15) is 29.3 Å². The molecule has 0 spiro atoms. The van der Waals surface area contributed by atoms with E-state index in [-0.39, 0.29) is 25.6 Å². The first-order valence-corrected chi connectivity index (χ1v) is 13.6. The second-order valence-electron chi connectivity index (χ2n) is 7.72. The third-order valence-corrected chi connectivity index (χ3v) is 10.4. The highest BCUT2D eigenvalue weighted by Gasteiger charge is 2.46. The Kier molecular flexibility index (Phi) is 8.16. The second-order valence-corrected chi connectivity index (χ2v) is 10.9. The quantitative estimate of drug-likeness (QED) is 0.0700. The van der Waals surface area contributed by atoms with Gasteiger partial charge in [0.25, 0.3) is 23.4 Å². The number of nitrogens with zero attached hydrogens (tertiary/aromatic N) is 3. The zero-order valence-electron chi connectivity index (χ0n) is 19.0. The molecule has 1 aliphatic rings. The van der Waals surface area contributed by atoms with Crippen molar-refractivity contribution in [3.05, 3.63) is 98.8 Å². The predicted octanol–water partition coefficient (Wildman–Crippen LogP) is 6.19. The van der Waals surface area contributed by atoms with Gasteiger partial charge >= 0.3 is 0 Å². The Labute approximate surface area is 248 Å². The van der Waals surface area contributed by atoms with Gasteiger partial charge in [0.1, 0.15) is 17.9 Å². The van der Waals surface area contributed by atoms with E-state index in [4.69, 9.17) is 4.74 Å². The van der Waals surface area contributed by atoms with Crippen LogP contribution in [0.4, 0.5) is 5.69 Å². The number of hydrogen-bond acceptors (Lipinski definition) is 7. The van der Waals surface area contributed by atoms with Crippen LogP contribution in [0.25, 0.3) is 0 Å². The van der Waals surface area contributed by atoms with Crippen molar-refractivity contribution in [3.8, 4) is 5.75 Å². The van der Waals surface area contributed by atoms with Gasteiger partial charge in [0.2, 0.25) is 0 Å². The number of hydrogen-bond donors (Lipinski definition) is 0. The standard InChI is InChI=1S/C24H13Br4N3O7/c1-38-12-8-6-11(7-9-12)15(32)10-29(22(33)13-4-2-3-5-14(13)31(36)37)30-23(34)16-17(24(30)35)19(26)21(28)20(27)18(16)25/h2-9H,10H2,1H3. The van der Waals surface area contributed by atoms with Gasteiger partial charge in [-0.1, -0.05) is 12.1 Å². The fourth-order valence-corrected chi connectivity index (χ4v) is 6.20. The molecule has 1 heterocycles. The molecule has 0 aliphatic carbocycles. The smallest absolute Gasteiger partial charge is 0.282 e. The summed E-state index contributed by atoms with van der Waals surface area (Å²) < 4.78 is 6.43.